The van der Waals surface area contributed by atoms with Gasteiger partial charge in [-0.05, 0) is 37.1 Å². The number of nitrogens with one attached hydrogen (secondary N) is 1. The molecule has 6 heteroatoms. The van der Waals surface area contributed by atoms with E-state index in [4.69, 9.17) is 8.83 Å². The van der Waals surface area contributed by atoms with Crippen molar-refractivity contribution in [2.75, 3.05) is 0 Å². The van der Waals surface area contributed by atoms with Crippen molar-refractivity contribution in [2.45, 2.75) is 49.1 Å². The molecule has 0 atom stereocenters. The van der Waals surface area contributed by atoms with E-state index < -0.39 is 0 Å². The fourth-order valence-corrected chi connectivity index (χ4v) is 3.86. The van der Waals surface area contributed by atoms with E-state index in [0.717, 1.165) is 29.7 Å². The van der Waals surface area contributed by atoms with Gasteiger partial charge in [0, 0.05) is 6.04 Å². The number of furan rings is 1. The molecule has 3 aromatic rings. The molecule has 1 amide bonds. The fraction of sp³-hybridized carbons (Fsp3) is 0.368. The van der Waals surface area contributed by atoms with Crippen LogP contribution in [-0.2, 0) is 5.75 Å². The van der Waals surface area contributed by atoms with Gasteiger partial charge < -0.3 is 14.2 Å². The zero-order valence-corrected chi connectivity index (χ0v) is 14.7. The summed E-state index contributed by atoms with van der Waals surface area (Å²) in [5.41, 5.74) is 1.62. The van der Waals surface area contributed by atoms with Crippen molar-refractivity contribution in [3.05, 3.63) is 47.9 Å². The molecule has 1 aliphatic rings. The number of thioether (sulfide) groups is 1. The Hall–Kier alpha value is -2.21. The monoisotopic (exact) mass is 356 g/mol. The number of hydrogen-bond donors (Lipinski definition) is 1. The number of nitrogens with zero attached hydrogens (tertiary/aromatic N) is 1. The maximum absolute atomic E-state index is 12.3. The van der Waals surface area contributed by atoms with Crippen LogP contribution in [0.4, 0.5) is 0 Å². The van der Waals surface area contributed by atoms with Gasteiger partial charge in [-0.25, -0.2) is 4.98 Å². The lowest BCUT2D eigenvalue weighted by atomic mass is 9.95. The summed E-state index contributed by atoms with van der Waals surface area (Å²) in [6.07, 6.45) is 5.77. The number of carbonyl (C=O) groups is 1. The standard InChI is InChI=1S/C19H20N2O3S/c22-18(20-13-6-2-1-3-7-13)17-11-10-14(23-17)12-25-19-21-15-8-4-5-9-16(15)24-19/h4-5,8-11,13H,1-3,6-7,12H2,(H,20,22). The Labute approximate surface area is 150 Å². The van der Waals surface area contributed by atoms with Gasteiger partial charge in [-0.15, -0.1) is 0 Å². The van der Waals surface area contributed by atoms with Crippen LogP contribution in [0.25, 0.3) is 11.1 Å². The zero-order valence-electron chi connectivity index (χ0n) is 13.9. The van der Waals surface area contributed by atoms with Gasteiger partial charge in [-0.2, -0.15) is 0 Å². The Bertz CT molecular complexity index is 831. The number of rotatable bonds is 5. The molecule has 0 aliphatic heterocycles. The Balaban J connectivity index is 1.35. The lowest BCUT2D eigenvalue weighted by molar-refractivity contribution is 0.0898. The summed E-state index contributed by atoms with van der Waals surface area (Å²) in [5, 5.41) is 3.67. The maximum atomic E-state index is 12.3. The van der Waals surface area contributed by atoms with Gasteiger partial charge in [-0.3, -0.25) is 4.79 Å². The summed E-state index contributed by atoms with van der Waals surface area (Å²) in [7, 11) is 0. The number of oxazole rings is 1. The number of hydrogen-bond acceptors (Lipinski definition) is 5. The zero-order chi connectivity index (χ0) is 17.1. The third-order valence-electron chi connectivity index (χ3n) is 4.44. The molecule has 0 bridgehead atoms. The molecule has 2 aromatic heterocycles. The molecule has 1 aromatic carbocycles. The molecule has 2 heterocycles. The molecular formula is C19H20N2O3S. The van der Waals surface area contributed by atoms with Gasteiger partial charge in [0.05, 0.1) is 5.75 Å². The van der Waals surface area contributed by atoms with E-state index >= 15 is 0 Å². The number of fused-ring (bicyclic) bond motifs is 1. The van der Waals surface area contributed by atoms with Crippen LogP contribution in [-0.4, -0.2) is 16.9 Å². The van der Waals surface area contributed by atoms with Crippen LogP contribution in [0.2, 0.25) is 0 Å². The molecule has 0 unspecified atom stereocenters. The van der Waals surface area contributed by atoms with Crippen LogP contribution in [0.1, 0.15) is 48.4 Å². The molecule has 1 N–H and O–H groups in total. The summed E-state index contributed by atoms with van der Waals surface area (Å²) in [6.45, 7) is 0. The first-order valence-corrected chi connectivity index (χ1v) is 9.64. The topological polar surface area (TPSA) is 68.3 Å². The van der Waals surface area contributed by atoms with E-state index in [1.807, 2.05) is 30.3 Å². The van der Waals surface area contributed by atoms with Crippen LogP contribution >= 0.6 is 11.8 Å². The predicted molar refractivity (Wildman–Crippen MR) is 96.6 cm³/mol. The Kier molecular flexibility index (Phi) is 4.78. The molecule has 1 saturated carbocycles. The quantitative estimate of drug-likeness (QED) is 0.667. The second-order valence-electron chi connectivity index (χ2n) is 6.31. The van der Waals surface area contributed by atoms with Crippen LogP contribution in [0, 0.1) is 0 Å². The summed E-state index contributed by atoms with van der Waals surface area (Å²) < 4.78 is 11.4. The molecule has 5 nitrogen and oxygen atoms in total. The van der Waals surface area contributed by atoms with E-state index in [-0.39, 0.29) is 11.9 Å². The van der Waals surface area contributed by atoms with Crippen molar-refractivity contribution in [1.82, 2.24) is 10.3 Å². The van der Waals surface area contributed by atoms with Gasteiger partial charge in [0.15, 0.2) is 11.3 Å². The van der Waals surface area contributed by atoms with Crippen LogP contribution in [0.15, 0.2) is 50.5 Å². The molecule has 4 rings (SSSR count). The SMILES string of the molecule is O=C(NC1CCCCC1)c1ccc(CSc2nc3ccccc3o2)o1. The third-order valence-corrected chi connectivity index (χ3v) is 5.29. The molecule has 1 aliphatic carbocycles. The van der Waals surface area contributed by atoms with Crippen molar-refractivity contribution in [3.63, 3.8) is 0 Å². The third kappa shape index (κ3) is 3.90. The number of amides is 1. The average molecular weight is 356 g/mol. The van der Waals surface area contributed by atoms with E-state index in [1.165, 1.54) is 31.0 Å². The van der Waals surface area contributed by atoms with Crippen molar-refractivity contribution in [2.24, 2.45) is 0 Å². The Morgan fingerprint density at radius 2 is 1.96 bits per heavy atom. The summed E-state index contributed by atoms with van der Waals surface area (Å²) in [4.78, 5) is 16.7. The first-order chi connectivity index (χ1) is 12.3. The first kappa shape index (κ1) is 16.3. The van der Waals surface area contributed by atoms with Crippen LogP contribution in [0.5, 0.6) is 0 Å². The second-order valence-corrected chi connectivity index (χ2v) is 7.24. The highest BCUT2D eigenvalue weighted by molar-refractivity contribution is 7.98. The van der Waals surface area contributed by atoms with Gasteiger partial charge in [0.25, 0.3) is 11.1 Å². The maximum Gasteiger partial charge on any atom is 0.287 e. The van der Waals surface area contributed by atoms with Gasteiger partial charge in [-0.1, -0.05) is 43.2 Å². The van der Waals surface area contributed by atoms with E-state index in [2.05, 4.69) is 10.3 Å². The van der Waals surface area contributed by atoms with E-state index in [1.54, 1.807) is 6.07 Å². The molecule has 130 valence electrons. The largest absolute Gasteiger partial charge is 0.455 e. The summed E-state index contributed by atoms with van der Waals surface area (Å²) in [5.74, 6) is 1.56. The number of aromatic nitrogens is 1. The van der Waals surface area contributed by atoms with E-state index in [9.17, 15) is 4.79 Å². The number of benzene rings is 1. The fourth-order valence-electron chi connectivity index (χ4n) is 3.13. The van der Waals surface area contributed by atoms with Crippen molar-refractivity contribution >= 4 is 28.8 Å². The highest BCUT2D eigenvalue weighted by Crippen LogP contribution is 2.27. The smallest absolute Gasteiger partial charge is 0.287 e. The van der Waals surface area contributed by atoms with Crippen molar-refractivity contribution in [3.8, 4) is 0 Å². The van der Waals surface area contributed by atoms with Crippen LogP contribution in [0.3, 0.4) is 0 Å². The van der Waals surface area contributed by atoms with Gasteiger partial charge in [0.1, 0.15) is 11.3 Å². The predicted octanol–water partition coefficient (Wildman–Crippen LogP) is 4.78. The van der Waals surface area contributed by atoms with E-state index in [0.29, 0.717) is 16.7 Å². The highest BCUT2D eigenvalue weighted by atomic mass is 32.2. The molecule has 0 saturated heterocycles. The average Bonchev–Trinajstić information content (AvgIpc) is 3.27. The minimum Gasteiger partial charge on any atom is -0.455 e. The number of para-hydroxylation sites is 2. The van der Waals surface area contributed by atoms with Crippen molar-refractivity contribution in [1.29, 1.82) is 0 Å². The molecule has 0 spiro atoms. The summed E-state index contributed by atoms with van der Waals surface area (Å²) in [6, 6.07) is 11.5. The Morgan fingerprint density at radius 1 is 1.12 bits per heavy atom. The minimum absolute atomic E-state index is 0.120. The molecule has 0 radical (unpaired) electrons. The normalized spacial score (nSPS) is 15.5. The highest BCUT2D eigenvalue weighted by Gasteiger charge is 2.19. The van der Waals surface area contributed by atoms with Gasteiger partial charge in [0.2, 0.25) is 0 Å². The Morgan fingerprint density at radius 3 is 2.80 bits per heavy atom. The van der Waals surface area contributed by atoms with Crippen molar-refractivity contribution < 1.29 is 13.6 Å². The lowest BCUT2D eigenvalue weighted by Crippen LogP contribution is -2.35. The lowest BCUT2D eigenvalue weighted by Gasteiger charge is -2.22. The molecule has 1 fully saturated rings. The van der Waals surface area contributed by atoms with Gasteiger partial charge >= 0.3 is 0 Å². The second kappa shape index (κ2) is 7.35. The first-order valence-electron chi connectivity index (χ1n) is 8.66. The summed E-state index contributed by atoms with van der Waals surface area (Å²) >= 11 is 1.46. The molecular weight excluding hydrogens is 336 g/mol. The van der Waals surface area contributed by atoms with Crippen LogP contribution < -0.4 is 5.32 Å². The number of carbonyl (C=O) groups excluding carboxylic acids is 1. The molecule has 25 heavy (non-hydrogen) atoms. The minimum atomic E-state index is -0.120.